The third kappa shape index (κ3) is 3.24. The van der Waals surface area contributed by atoms with E-state index < -0.39 is 0 Å². The van der Waals surface area contributed by atoms with E-state index in [1.807, 2.05) is 27.3 Å². The van der Waals surface area contributed by atoms with Gasteiger partial charge in [-0.1, -0.05) is 6.07 Å². The van der Waals surface area contributed by atoms with Crippen LogP contribution in [0.3, 0.4) is 0 Å². The molecule has 1 aromatic heterocycles. The van der Waals surface area contributed by atoms with Crippen molar-refractivity contribution in [3.63, 3.8) is 0 Å². The molecule has 2 amide bonds. The summed E-state index contributed by atoms with van der Waals surface area (Å²) in [7, 11) is 0. The van der Waals surface area contributed by atoms with Gasteiger partial charge in [0.1, 0.15) is 6.04 Å². The fourth-order valence-corrected chi connectivity index (χ4v) is 3.70. The van der Waals surface area contributed by atoms with Gasteiger partial charge in [-0.15, -0.1) is 11.3 Å². The lowest BCUT2D eigenvalue weighted by Crippen LogP contribution is -2.55. The number of ether oxygens (including phenoxy) is 1. The van der Waals surface area contributed by atoms with Crippen molar-refractivity contribution in [2.24, 2.45) is 0 Å². The zero-order chi connectivity index (χ0) is 15.4. The summed E-state index contributed by atoms with van der Waals surface area (Å²) in [6.45, 7) is 5.45. The van der Waals surface area contributed by atoms with E-state index in [1.54, 1.807) is 11.3 Å². The minimum atomic E-state index is -0.194. The minimum absolute atomic E-state index is 0.104. The van der Waals surface area contributed by atoms with Gasteiger partial charge in [-0.2, -0.15) is 5.26 Å². The molecule has 0 N–H and O–H groups in total. The average molecular weight is 320 g/mol. The molecule has 1 atom stereocenters. The summed E-state index contributed by atoms with van der Waals surface area (Å²) in [6, 6.07) is 6.28. The highest BCUT2D eigenvalue weighted by Gasteiger charge is 2.30. The van der Waals surface area contributed by atoms with Crippen molar-refractivity contribution in [3.05, 3.63) is 22.4 Å². The summed E-state index contributed by atoms with van der Waals surface area (Å²) < 4.78 is 5.29. The first-order valence-electron chi connectivity index (χ1n) is 7.58. The van der Waals surface area contributed by atoms with Gasteiger partial charge in [-0.25, -0.2) is 4.79 Å². The molecule has 0 spiro atoms. The molecule has 2 saturated heterocycles. The van der Waals surface area contributed by atoms with Crippen molar-refractivity contribution in [1.82, 2.24) is 14.7 Å². The SMILES string of the molecule is N#CC(c1cccs1)N1CCN(C(=O)N2CCOCC2)CC1. The summed E-state index contributed by atoms with van der Waals surface area (Å²) in [6.07, 6.45) is 0. The van der Waals surface area contributed by atoms with Crippen LogP contribution in [0.4, 0.5) is 4.79 Å². The molecule has 6 nitrogen and oxygen atoms in total. The molecule has 0 saturated carbocycles. The normalized spacial score (nSPS) is 21.4. The van der Waals surface area contributed by atoms with Gasteiger partial charge in [0.25, 0.3) is 0 Å². The largest absolute Gasteiger partial charge is 0.378 e. The lowest BCUT2D eigenvalue weighted by molar-refractivity contribution is 0.0364. The van der Waals surface area contributed by atoms with Crippen LogP contribution >= 0.6 is 11.3 Å². The van der Waals surface area contributed by atoms with Gasteiger partial charge in [-0.05, 0) is 11.4 Å². The second kappa shape index (κ2) is 7.09. The highest BCUT2D eigenvalue weighted by atomic mass is 32.1. The van der Waals surface area contributed by atoms with Crippen molar-refractivity contribution in [3.8, 4) is 6.07 Å². The number of piperazine rings is 1. The maximum absolute atomic E-state index is 12.4. The number of morpholine rings is 1. The van der Waals surface area contributed by atoms with Crippen LogP contribution in [-0.2, 0) is 4.74 Å². The Morgan fingerprint density at radius 3 is 2.45 bits per heavy atom. The Hall–Kier alpha value is -1.62. The number of rotatable bonds is 2. The van der Waals surface area contributed by atoms with Crippen molar-refractivity contribution in [2.45, 2.75) is 6.04 Å². The van der Waals surface area contributed by atoms with Crippen LogP contribution in [0.2, 0.25) is 0 Å². The number of carbonyl (C=O) groups excluding carboxylic acids is 1. The molecular formula is C15H20N4O2S. The van der Waals surface area contributed by atoms with Gasteiger partial charge in [0, 0.05) is 44.1 Å². The molecule has 1 unspecified atom stereocenters. The summed E-state index contributed by atoms with van der Waals surface area (Å²) in [4.78, 5) is 19.4. The average Bonchev–Trinajstić information content (AvgIpc) is 3.11. The predicted octanol–water partition coefficient (Wildman–Crippen LogP) is 1.38. The minimum Gasteiger partial charge on any atom is -0.378 e. The number of amides is 2. The van der Waals surface area contributed by atoms with E-state index >= 15 is 0 Å². The van der Waals surface area contributed by atoms with Crippen LogP contribution in [0.25, 0.3) is 0 Å². The molecule has 3 heterocycles. The highest BCUT2D eigenvalue weighted by molar-refractivity contribution is 7.10. The highest BCUT2D eigenvalue weighted by Crippen LogP contribution is 2.25. The quantitative estimate of drug-likeness (QED) is 0.826. The van der Waals surface area contributed by atoms with Gasteiger partial charge in [0.15, 0.2) is 0 Å². The number of thiophene rings is 1. The fourth-order valence-electron chi connectivity index (χ4n) is 2.90. The Morgan fingerprint density at radius 2 is 1.86 bits per heavy atom. The maximum atomic E-state index is 12.4. The Balaban J connectivity index is 1.55. The van der Waals surface area contributed by atoms with Crippen LogP contribution in [-0.4, -0.2) is 73.2 Å². The van der Waals surface area contributed by atoms with E-state index in [9.17, 15) is 10.1 Å². The molecule has 0 bridgehead atoms. The molecule has 2 fully saturated rings. The molecule has 0 aliphatic carbocycles. The van der Waals surface area contributed by atoms with E-state index in [2.05, 4.69) is 11.0 Å². The first-order chi connectivity index (χ1) is 10.8. The number of carbonyl (C=O) groups is 1. The van der Waals surface area contributed by atoms with Gasteiger partial charge in [0.2, 0.25) is 0 Å². The van der Waals surface area contributed by atoms with Crippen LogP contribution < -0.4 is 0 Å². The second-order valence-electron chi connectivity index (χ2n) is 5.45. The van der Waals surface area contributed by atoms with Crippen molar-refractivity contribution >= 4 is 17.4 Å². The first-order valence-corrected chi connectivity index (χ1v) is 8.46. The molecule has 0 radical (unpaired) electrons. The summed E-state index contributed by atoms with van der Waals surface area (Å²) in [5.41, 5.74) is 0. The molecule has 22 heavy (non-hydrogen) atoms. The number of urea groups is 1. The van der Waals surface area contributed by atoms with Gasteiger partial charge >= 0.3 is 6.03 Å². The molecule has 3 rings (SSSR count). The van der Waals surface area contributed by atoms with Crippen LogP contribution in [0.15, 0.2) is 17.5 Å². The number of hydrogen-bond donors (Lipinski definition) is 0. The third-order valence-corrected chi connectivity index (χ3v) is 5.09. The van der Waals surface area contributed by atoms with Gasteiger partial charge in [-0.3, -0.25) is 4.90 Å². The summed E-state index contributed by atoms with van der Waals surface area (Å²) in [5, 5.41) is 11.4. The van der Waals surface area contributed by atoms with E-state index in [4.69, 9.17) is 4.74 Å². The molecule has 0 aromatic carbocycles. The molecular weight excluding hydrogens is 300 g/mol. The van der Waals surface area contributed by atoms with Gasteiger partial charge < -0.3 is 14.5 Å². The molecule has 2 aliphatic rings. The van der Waals surface area contributed by atoms with E-state index in [-0.39, 0.29) is 12.1 Å². The smallest absolute Gasteiger partial charge is 0.320 e. The maximum Gasteiger partial charge on any atom is 0.320 e. The van der Waals surface area contributed by atoms with Crippen LogP contribution in [0.5, 0.6) is 0 Å². The van der Waals surface area contributed by atoms with E-state index in [1.165, 1.54) is 0 Å². The molecule has 118 valence electrons. The zero-order valence-corrected chi connectivity index (χ0v) is 13.3. The Labute approximate surface area is 134 Å². The predicted molar refractivity (Wildman–Crippen MR) is 83.6 cm³/mol. The third-order valence-electron chi connectivity index (χ3n) is 4.17. The number of hydrogen-bond acceptors (Lipinski definition) is 5. The van der Waals surface area contributed by atoms with E-state index in [0.29, 0.717) is 39.4 Å². The summed E-state index contributed by atoms with van der Waals surface area (Å²) in [5.74, 6) is 0. The standard InChI is InChI=1S/C15H20N4O2S/c16-12-13(14-2-1-11-22-14)17-3-5-18(6-4-17)15(20)19-7-9-21-10-8-19/h1-2,11,13H,3-10H2. The Morgan fingerprint density at radius 1 is 1.18 bits per heavy atom. The molecule has 1 aromatic rings. The first kappa shape index (κ1) is 15.3. The lowest BCUT2D eigenvalue weighted by Gasteiger charge is -2.39. The molecule has 2 aliphatic heterocycles. The van der Waals surface area contributed by atoms with Crippen molar-refractivity contribution < 1.29 is 9.53 Å². The van der Waals surface area contributed by atoms with Crippen LogP contribution in [0, 0.1) is 11.3 Å². The topological polar surface area (TPSA) is 59.8 Å². The number of nitriles is 1. The Kier molecular flexibility index (Phi) is 4.93. The lowest BCUT2D eigenvalue weighted by atomic mass is 10.2. The van der Waals surface area contributed by atoms with E-state index in [0.717, 1.165) is 18.0 Å². The van der Waals surface area contributed by atoms with Gasteiger partial charge in [0.05, 0.1) is 19.3 Å². The fraction of sp³-hybridized carbons (Fsp3) is 0.600. The summed E-state index contributed by atoms with van der Waals surface area (Å²) >= 11 is 1.61. The Bertz CT molecular complexity index is 528. The second-order valence-corrected chi connectivity index (χ2v) is 6.43. The number of nitrogens with zero attached hydrogens (tertiary/aromatic N) is 4. The zero-order valence-electron chi connectivity index (χ0n) is 12.5. The van der Waals surface area contributed by atoms with Crippen LogP contribution in [0.1, 0.15) is 10.9 Å². The van der Waals surface area contributed by atoms with Crippen molar-refractivity contribution in [1.29, 1.82) is 5.26 Å². The monoisotopic (exact) mass is 320 g/mol. The molecule has 7 heteroatoms. The van der Waals surface area contributed by atoms with Crippen molar-refractivity contribution in [2.75, 3.05) is 52.5 Å².